The van der Waals surface area contributed by atoms with Gasteiger partial charge in [-0.05, 0) is 32.0 Å². The van der Waals surface area contributed by atoms with Crippen molar-refractivity contribution < 1.29 is 24.2 Å². The van der Waals surface area contributed by atoms with Crippen LogP contribution in [0, 0.1) is 0 Å². The molecule has 0 spiro atoms. The van der Waals surface area contributed by atoms with Crippen molar-refractivity contribution in [3.63, 3.8) is 0 Å². The number of methoxy groups -OCH3 is 1. The van der Waals surface area contributed by atoms with E-state index in [1.165, 1.54) is 20.1 Å². The fourth-order valence-electron chi connectivity index (χ4n) is 1.43. The van der Waals surface area contributed by atoms with Gasteiger partial charge in [-0.3, -0.25) is 9.59 Å². The average molecular weight is 267 g/mol. The number of hydrogen-bond acceptors (Lipinski definition) is 4. The predicted octanol–water partition coefficient (Wildman–Crippen LogP) is 1.30. The molecule has 0 radical (unpaired) electrons. The molecule has 1 rings (SSSR count). The summed E-state index contributed by atoms with van der Waals surface area (Å²) in [5.41, 5.74) is 0.313. The van der Waals surface area contributed by atoms with E-state index in [-0.39, 0.29) is 0 Å². The number of hydrogen-bond donors (Lipinski definition) is 2. The molecule has 0 aliphatic heterocycles. The van der Waals surface area contributed by atoms with E-state index in [2.05, 4.69) is 5.32 Å². The van der Waals surface area contributed by atoms with Crippen LogP contribution in [0.1, 0.15) is 24.2 Å². The SMILES string of the molecule is CCOc1ccc(C(=O)N[C@@H](C)C(=O)O)cc1OC. The fourth-order valence-corrected chi connectivity index (χ4v) is 1.43. The normalized spacial score (nSPS) is 11.5. The first kappa shape index (κ1) is 14.8. The summed E-state index contributed by atoms with van der Waals surface area (Å²) < 4.78 is 10.5. The standard InChI is InChI=1S/C13H17NO5/c1-4-19-10-6-5-9(7-11(10)18-3)12(15)14-8(2)13(16)17/h5-8H,4H2,1-3H3,(H,14,15)(H,16,17)/t8-/m0/s1. The van der Waals surface area contributed by atoms with Crippen LogP contribution in [0.2, 0.25) is 0 Å². The number of carboxylic acids is 1. The van der Waals surface area contributed by atoms with Crippen LogP contribution in [0.4, 0.5) is 0 Å². The van der Waals surface area contributed by atoms with Gasteiger partial charge in [0.2, 0.25) is 0 Å². The van der Waals surface area contributed by atoms with Gasteiger partial charge in [-0.25, -0.2) is 0 Å². The number of amides is 1. The van der Waals surface area contributed by atoms with Crippen LogP contribution < -0.4 is 14.8 Å². The van der Waals surface area contributed by atoms with Gasteiger partial charge in [0.15, 0.2) is 11.5 Å². The molecule has 0 heterocycles. The van der Waals surface area contributed by atoms with Crippen LogP contribution in [-0.4, -0.2) is 36.7 Å². The van der Waals surface area contributed by atoms with Crippen LogP contribution in [0.15, 0.2) is 18.2 Å². The fraction of sp³-hybridized carbons (Fsp3) is 0.385. The average Bonchev–Trinajstić information content (AvgIpc) is 2.39. The molecule has 6 nitrogen and oxygen atoms in total. The summed E-state index contributed by atoms with van der Waals surface area (Å²) in [7, 11) is 1.47. The summed E-state index contributed by atoms with van der Waals surface area (Å²) in [5, 5.41) is 11.1. The molecule has 0 fully saturated rings. The first-order chi connectivity index (χ1) is 8.99. The maximum absolute atomic E-state index is 11.8. The molecular formula is C13H17NO5. The Balaban J connectivity index is 2.89. The van der Waals surface area contributed by atoms with Crippen molar-refractivity contribution in [2.75, 3.05) is 13.7 Å². The third kappa shape index (κ3) is 3.87. The van der Waals surface area contributed by atoms with Crippen LogP contribution >= 0.6 is 0 Å². The first-order valence-electron chi connectivity index (χ1n) is 5.84. The molecule has 19 heavy (non-hydrogen) atoms. The van der Waals surface area contributed by atoms with Crippen LogP contribution in [-0.2, 0) is 4.79 Å². The molecule has 1 aromatic rings. The summed E-state index contributed by atoms with van der Waals surface area (Å²) in [6, 6.07) is 3.72. The molecule has 1 atom stereocenters. The zero-order valence-electron chi connectivity index (χ0n) is 11.1. The maximum Gasteiger partial charge on any atom is 0.325 e. The Bertz CT molecular complexity index is 472. The van der Waals surface area contributed by atoms with E-state index in [4.69, 9.17) is 14.6 Å². The van der Waals surface area contributed by atoms with Crippen LogP contribution in [0.5, 0.6) is 11.5 Å². The third-order valence-corrected chi connectivity index (χ3v) is 2.44. The van der Waals surface area contributed by atoms with Crippen molar-refractivity contribution in [3.05, 3.63) is 23.8 Å². The Kier molecular flexibility index (Phi) is 5.17. The van der Waals surface area contributed by atoms with Gasteiger partial charge < -0.3 is 19.9 Å². The van der Waals surface area contributed by atoms with E-state index >= 15 is 0 Å². The number of carboxylic acid groups (broad SMARTS) is 1. The second kappa shape index (κ2) is 6.63. The van der Waals surface area contributed by atoms with Crippen molar-refractivity contribution in [2.24, 2.45) is 0 Å². The third-order valence-electron chi connectivity index (χ3n) is 2.44. The molecule has 0 aromatic heterocycles. The lowest BCUT2D eigenvalue weighted by atomic mass is 10.1. The number of benzene rings is 1. The summed E-state index contributed by atoms with van der Waals surface area (Å²) in [6.07, 6.45) is 0. The minimum absolute atomic E-state index is 0.313. The number of aliphatic carboxylic acids is 1. The Morgan fingerprint density at radius 3 is 2.58 bits per heavy atom. The van der Waals surface area contributed by atoms with Gasteiger partial charge in [-0.1, -0.05) is 0 Å². The smallest absolute Gasteiger partial charge is 0.325 e. The highest BCUT2D eigenvalue weighted by atomic mass is 16.5. The molecule has 0 unspecified atom stereocenters. The molecule has 0 bridgehead atoms. The second-order valence-electron chi connectivity index (χ2n) is 3.83. The second-order valence-corrected chi connectivity index (χ2v) is 3.83. The molecule has 104 valence electrons. The summed E-state index contributed by atoms with van der Waals surface area (Å²) in [4.78, 5) is 22.5. The summed E-state index contributed by atoms with van der Waals surface area (Å²) >= 11 is 0. The summed E-state index contributed by atoms with van der Waals surface area (Å²) in [6.45, 7) is 3.72. The van der Waals surface area contributed by atoms with Gasteiger partial charge in [0.1, 0.15) is 6.04 Å². The van der Waals surface area contributed by atoms with Gasteiger partial charge in [0, 0.05) is 5.56 Å². The Hall–Kier alpha value is -2.24. The molecule has 6 heteroatoms. The van der Waals surface area contributed by atoms with Gasteiger partial charge in [0.05, 0.1) is 13.7 Å². The van der Waals surface area contributed by atoms with E-state index < -0.39 is 17.9 Å². The maximum atomic E-state index is 11.8. The van der Waals surface area contributed by atoms with Crippen LogP contribution in [0.25, 0.3) is 0 Å². The molecule has 0 aliphatic carbocycles. The topological polar surface area (TPSA) is 84.9 Å². The van der Waals surface area contributed by atoms with Gasteiger partial charge in [-0.15, -0.1) is 0 Å². The predicted molar refractivity (Wildman–Crippen MR) is 68.7 cm³/mol. The molecule has 2 N–H and O–H groups in total. The molecule has 1 aromatic carbocycles. The lowest BCUT2D eigenvalue weighted by Crippen LogP contribution is -2.38. The molecular weight excluding hydrogens is 250 g/mol. The monoisotopic (exact) mass is 267 g/mol. The first-order valence-corrected chi connectivity index (χ1v) is 5.84. The van der Waals surface area contributed by atoms with E-state index in [0.717, 1.165) is 0 Å². The molecule has 0 saturated carbocycles. The zero-order chi connectivity index (χ0) is 14.4. The zero-order valence-corrected chi connectivity index (χ0v) is 11.1. The van der Waals surface area contributed by atoms with Gasteiger partial charge >= 0.3 is 5.97 Å². The van der Waals surface area contributed by atoms with Crippen molar-refractivity contribution in [2.45, 2.75) is 19.9 Å². The van der Waals surface area contributed by atoms with Crippen molar-refractivity contribution in [3.8, 4) is 11.5 Å². The van der Waals surface area contributed by atoms with Crippen molar-refractivity contribution in [1.82, 2.24) is 5.32 Å². The van der Waals surface area contributed by atoms with E-state index in [9.17, 15) is 9.59 Å². The number of carbonyl (C=O) groups is 2. The van der Waals surface area contributed by atoms with Crippen molar-refractivity contribution >= 4 is 11.9 Å². The minimum Gasteiger partial charge on any atom is -0.493 e. The largest absolute Gasteiger partial charge is 0.493 e. The van der Waals surface area contributed by atoms with E-state index in [0.29, 0.717) is 23.7 Å². The summed E-state index contributed by atoms with van der Waals surface area (Å²) in [5.74, 6) is -0.604. The molecule has 0 aliphatic rings. The highest BCUT2D eigenvalue weighted by Gasteiger charge is 2.16. The van der Waals surface area contributed by atoms with E-state index in [1.807, 2.05) is 6.92 Å². The molecule has 0 saturated heterocycles. The number of ether oxygens (including phenoxy) is 2. The van der Waals surface area contributed by atoms with Crippen LogP contribution in [0.3, 0.4) is 0 Å². The van der Waals surface area contributed by atoms with E-state index in [1.54, 1.807) is 12.1 Å². The number of nitrogens with one attached hydrogen (secondary N) is 1. The Morgan fingerprint density at radius 2 is 2.05 bits per heavy atom. The lowest BCUT2D eigenvalue weighted by molar-refractivity contribution is -0.138. The highest BCUT2D eigenvalue weighted by Crippen LogP contribution is 2.27. The van der Waals surface area contributed by atoms with Crippen molar-refractivity contribution in [1.29, 1.82) is 0 Å². The van der Waals surface area contributed by atoms with Gasteiger partial charge in [0.25, 0.3) is 5.91 Å². The minimum atomic E-state index is -1.09. The van der Waals surface area contributed by atoms with Gasteiger partial charge in [-0.2, -0.15) is 0 Å². The quantitative estimate of drug-likeness (QED) is 0.811. The highest BCUT2D eigenvalue weighted by molar-refractivity contribution is 5.97. The Morgan fingerprint density at radius 1 is 1.37 bits per heavy atom. The Labute approximate surface area is 111 Å². The number of carbonyl (C=O) groups excluding carboxylic acids is 1. The number of rotatable bonds is 6. The lowest BCUT2D eigenvalue weighted by Gasteiger charge is -2.12. The molecule has 1 amide bonds.